The van der Waals surface area contributed by atoms with Crippen LogP contribution in [0.2, 0.25) is 0 Å². The monoisotopic (exact) mass is 230 g/mol. The Bertz CT molecular complexity index is 532. The van der Waals surface area contributed by atoms with Crippen molar-refractivity contribution in [3.8, 4) is 17.1 Å². The summed E-state index contributed by atoms with van der Waals surface area (Å²) in [7, 11) is 0. The fourth-order valence-electron chi connectivity index (χ4n) is 2.18. The second kappa shape index (κ2) is 3.85. The number of hydrogen-bond donors (Lipinski definition) is 2. The molecular formula is C12H14N4O. The van der Waals surface area contributed by atoms with E-state index >= 15 is 0 Å². The van der Waals surface area contributed by atoms with E-state index in [0.717, 1.165) is 36.6 Å². The summed E-state index contributed by atoms with van der Waals surface area (Å²) in [5.41, 5.74) is 6.92. The lowest BCUT2D eigenvalue weighted by Crippen LogP contribution is -2.32. The first kappa shape index (κ1) is 10.3. The largest absolute Gasteiger partial charge is 0.508 e. The lowest BCUT2D eigenvalue weighted by atomic mass is 10.1. The normalized spacial score (nSPS) is 19.0. The van der Waals surface area contributed by atoms with Crippen molar-refractivity contribution in [2.24, 2.45) is 5.73 Å². The highest BCUT2D eigenvalue weighted by molar-refractivity contribution is 5.56. The minimum absolute atomic E-state index is 0.175. The van der Waals surface area contributed by atoms with Crippen LogP contribution in [0.25, 0.3) is 11.4 Å². The molecule has 88 valence electrons. The number of phenols is 1. The van der Waals surface area contributed by atoms with E-state index in [2.05, 4.69) is 14.8 Å². The van der Waals surface area contributed by atoms with Crippen LogP contribution in [0.3, 0.4) is 0 Å². The second-order valence-corrected chi connectivity index (χ2v) is 4.40. The third-order valence-corrected chi connectivity index (χ3v) is 3.11. The second-order valence-electron chi connectivity index (χ2n) is 4.40. The van der Waals surface area contributed by atoms with Gasteiger partial charge < -0.3 is 15.4 Å². The summed E-state index contributed by atoms with van der Waals surface area (Å²) < 4.78 is 2.07. The molecule has 1 aliphatic heterocycles. The van der Waals surface area contributed by atoms with Gasteiger partial charge in [-0.1, -0.05) is 0 Å². The van der Waals surface area contributed by atoms with Gasteiger partial charge in [0.1, 0.15) is 11.6 Å². The minimum atomic E-state index is 0.175. The summed E-state index contributed by atoms with van der Waals surface area (Å²) in [5, 5.41) is 17.7. The maximum atomic E-state index is 9.27. The highest BCUT2D eigenvalue weighted by atomic mass is 16.3. The van der Waals surface area contributed by atoms with Crippen LogP contribution in [0, 0.1) is 0 Å². The fraction of sp³-hybridized carbons (Fsp3) is 0.333. The number of aromatic hydroxyl groups is 1. The zero-order chi connectivity index (χ0) is 11.8. The summed E-state index contributed by atoms with van der Waals surface area (Å²) in [6, 6.07) is 7.16. The molecule has 2 heterocycles. The van der Waals surface area contributed by atoms with Gasteiger partial charge in [-0.05, 0) is 30.7 Å². The lowest BCUT2D eigenvalue weighted by molar-refractivity contribution is 0.456. The number of fused-ring (bicyclic) bond motifs is 1. The Balaban J connectivity index is 2.04. The molecule has 1 unspecified atom stereocenters. The average Bonchev–Trinajstić information content (AvgIpc) is 2.73. The molecule has 17 heavy (non-hydrogen) atoms. The molecule has 2 aromatic rings. The number of hydrogen-bond acceptors (Lipinski definition) is 4. The van der Waals surface area contributed by atoms with Crippen molar-refractivity contribution in [1.29, 1.82) is 0 Å². The Morgan fingerprint density at radius 3 is 2.76 bits per heavy atom. The molecule has 0 bridgehead atoms. The van der Waals surface area contributed by atoms with Crippen molar-refractivity contribution in [3.63, 3.8) is 0 Å². The molecular weight excluding hydrogens is 216 g/mol. The summed E-state index contributed by atoms with van der Waals surface area (Å²) in [4.78, 5) is 0. The topological polar surface area (TPSA) is 77.0 Å². The van der Waals surface area contributed by atoms with E-state index in [1.807, 2.05) is 12.1 Å². The molecule has 1 aliphatic rings. The van der Waals surface area contributed by atoms with Crippen molar-refractivity contribution in [3.05, 3.63) is 30.1 Å². The number of aryl methyl sites for hydroxylation is 1. The minimum Gasteiger partial charge on any atom is -0.508 e. The fourth-order valence-corrected chi connectivity index (χ4v) is 2.18. The van der Waals surface area contributed by atoms with Crippen LogP contribution in [-0.2, 0) is 13.0 Å². The van der Waals surface area contributed by atoms with E-state index in [1.54, 1.807) is 12.1 Å². The number of nitrogens with two attached hydrogens (primary N) is 1. The number of benzene rings is 1. The Kier molecular flexibility index (Phi) is 2.33. The molecule has 0 saturated carbocycles. The molecule has 0 amide bonds. The summed E-state index contributed by atoms with van der Waals surface area (Å²) in [6.07, 6.45) is 1.85. The molecule has 5 nitrogen and oxygen atoms in total. The van der Waals surface area contributed by atoms with Crippen molar-refractivity contribution in [1.82, 2.24) is 14.8 Å². The maximum Gasteiger partial charge on any atom is 0.164 e. The zero-order valence-electron chi connectivity index (χ0n) is 9.37. The molecule has 0 spiro atoms. The predicted octanol–water partition coefficient (Wildman–Crippen LogP) is 0.924. The van der Waals surface area contributed by atoms with Crippen LogP contribution in [0.5, 0.6) is 5.75 Å². The molecule has 0 radical (unpaired) electrons. The summed E-state index contributed by atoms with van der Waals surface area (Å²) in [6.45, 7) is 0.762. The van der Waals surface area contributed by atoms with Gasteiger partial charge in [0.25, 0.3) is 0 Å². The highest BCUT2D eigenvalue weighted by Gasteiger charge is 2.20. The molecule has 1 aromatic carbocycles. The van der Waals surface area contributed by atoms with Gasteiger partial charge in [-0.2, -0.15) is 0 Å². The van der Waals surface area contributed by atoms with E-state index in [0.29, 0.717) is 0 Å². The van der Waals surface area contributed by atoms with Gasteiger partial charge in [0, 0.05) is 24.6 Å². The Hall–Kier alpha value is -1.88. The molecule has 3 rings (SSSR count). The standard InChI is InChI=1S/C12H14N4O/c13-9-3-6-11-14-15-12(16(11)7-9)8-1-4-10(17)5-2-8/h1-2,4-5,9,17H,3,6-7,13H2. The van der Waals surface area contributed by atoms with Crippen LogP contribution >= 0.6 is 0 Å². The van der Waals surface area contributed by atoms with Crippen LogP contribution < -0.4 is 5.73 Å². The van der Waals surface area contributed by atoms with Gasteiger partial charge in [0.05, 0.1) is 0 Å². The Morgan fingerprint density at radius 1 is 1.24 bits per heavy atom. The van der Waals surface area contributed by atoms with Gasteiger partial charge in [0.15, 0.2) is 5.82 Å². The lowest BCUT2D eigenvalue weighted by Gasteiger charge is -2.20. The van der Waals surface area contributed by atoms with Gasteiger partial charge in [0.2, 0.25) is 0 Å². The number of nitrogens with zero attached hydrogens (tertiary/aromatic N) is 3. The van der Waals surface area contributed by atoms with Gasteiger partial charge >= 0.3 is 0 Å². The van der Waals surface area contributed by atoms with Gasteiger partial charge in [-0.25, -0.2) is 0 Å². The van der Waals surface area contributed by atoms with Crippen LogP contribution in [0.15, 0.2) is 24.3 Å². The molecule has 3 N–H and O–H groups in total. The molecule has 0 aliphatic carbocycles. The number of phenolic OH excluding ortho intramolecular Hbond substituents is 1. The summed E-state index contributed by atoms with van der Waals surface area (Å²) in [5.74, 6) is 2.08. The first-order valence-corrected chi connectivity index (χ1v) is 5.71. The Labute approximate surface area is 98.9 Å². The Morgan fingerprint density at radius 2 is 2.00 bits per heavy atom. The first-order valence-electron chi connectivity index (χ1n) is 5.71. The average molecular weight is 230 g/mol. The van der Waals surface area contributed by atoms with Gasteiger partial charge in [-0.15, -0.1) is 10.2 Å². The summed E-state index contributed by atoms with van der Waals surface area (Å²) >= 11 is 0. The third kappa shape index (κ3) is 1.78. The van der Waals surface area contributed by atoms with Crippen molar-refractivity contribution >= 4 is 0 Å². The molecule has 0 fully saturated rings. The van der Waals surface area contributed by atoms with Crippen molar-refractivity contribution < 1.29 is 5.11 Å². The maximum absolute atomic E-state index is 9.27. The first-order chi connectivity index (χ1) is 8.24. The molecule has 0 saturated heterocycles. The number of aromatic nitrogens is 3. The molecule has 5 heteroatoms. The van der Waals surface area contributed by atoms with Crippen molar-refractivity contribution in [2.75, 3.05) is 0 Å². The van der Waals surface area contributed by atoms with E-state index < -0.39 is 0 Å². The van der Waals surface area contributed by atoms with E-state index in [1.165, 1.54) is 0 Å². The highest BCUT2D eigenvalue weighted by Crippen LogP contribution is 2.23. The predicted molar refractivity (Wildman–Crippen MR) is 63.4 cm³/mol. The van der Waals surface area contributed by atoms with E-state index in [-0.39, 0.29) is 11.8 Å². The molecule has 1 atom stereocenters. The zero-order valence-corrected chi connectivity index (χ0v) is 9.37. The van der Waals surface area contributed by atoms with Crippen LogP contribution in [-0.4, -0.2) is 25.9 Å². The van der Waals surface area contributed by atoms with Crippen molar-refractivity contribution in [2.45, 2.75) is 25.4 Å². The smallest absolute Gasteiger partial charge is 0.164 e. The SMILES string of the molecule is NC1CCc2nnc(-c3ccc(O)cc3)n2C1. The quantitative estimate of drug-likeness (QED) is 0.763. The third-order valence-electron chi connectivity index (χ3n) is 3.11. The van der Waals surface area contributed by atoms with E-state index in [4.69, 9.17) is 5.73 Å². The van der Waals surface area contributed by atoms with Crippen LogP contribution in [0.1, 0.15) is 12.2 Å². The molecule has 1 aromatic heterocycles. The van der Waals surface area contributed by atoms with Crippen LogP contribution in [0.4, 0.5) is 0 Å². The number of rotatable bonds is 1. The van der Waals surface area contributed by atoms with Gasteiger partial charge in [-0.3, -0.25) is 0 Å². The van der Waals surface area contributed by atoms with E-state index in [9.17, 15) is 5.11 Å².